The van der Waals surface area contributed by atoms with Crippen LogP contribution in [0.4, 0.5) is 8.78 Å². The number of nitrogens with zero attached hydrogens (tertiary/aromatic N) is 3. The molecule has 0 saturated carbocycles. The zero-order chi connectivity index (χ0) is 22.1. The van der Waals surface area contributed by atoms with Gasteiger partial charge in [-0.2, -0.15) is 8.78 Å². The number of halogens is 2. The highest BCUT2D eigenvalue weighted by Gasteiger charge is 2.34. The predicted octanol–water partition coefficient (Wildman–Crippen LogP) is 4.16. The molecule has 2 aromatic carbocycles. The molecular weight excluding hydrogens is 428 g/mol. The first kappa shape index (κ1) is 21.1. The Hall–Kier alpha value is -2.81. The minimum atomic E-state index is -2.89. The third kappa shape index (κ3) is 4.13. The number of alkyl halides is 2. The van der Waals surface area contributed by atoms with Crippen LogP contribution in [0.2, 0.25) is 0 Å². The van der Waals surface area contributed by atoms with Crippen molar-refractivity contribution in [3.63, 3.8) is 0 Å². The van der Waals surface area contributed by atoms with Gasteiger partial charge in [0.25, 0.3) is 5.92 Å². The lowest BCUT2D eigenvalue weighted by Gasteiger charge is -2.23. The Kier molecular flexibility index (Phi) is 5.67. The van der Waals surface area contributed by atoms with Crippen LogP contribution in [-0.2, 0) is 5.92 Å². The summed E-state index contributed by atoms with van der Waals surface area (Å²) in [4.78, 5) is 7.58. The maximum absolute atomic E-state index is 14.7. The molecule has 0 spiro atoms. The summed E-state index contributed by atoms with van der Waals surface area (Å²) in [6.07, 6.45) is 7.71. The molecule has 164 valence electrons. The van der Waals surface area contributed by atoms with E-state index in [4.69, 9.17) is 0 Å². The molecule has 0 aliphatic carbocycles. The monoisotopic (exact) mass is 452 g/mol. The highest BCUT2D eigenvalue weighted by molar-refractivity contribution is 7.98. The second-order valence-electron chi connectivity index (χ2n) is 7.95. The number of benzene rings is 2. The number of fused-ring (bicyclic) bond motifs is 1. The highest BCUT2D eigenvalue weighted by atomic mass is 32.2. The number of rotatable bonds is 6. The van der Waals surface area contributed by atoms with Crippen LogP contribution in [0.1, 0.15) is 5.56 Å². The van der Waals surface area contributed by atoms with Gasteiger partial charge in [0.15, 0.2) is 6.20 Å². The van der Waals surface area contributed by atoms with Gasteiger partial charge in [0, 0.05) is 30.2 Å². The Labute approximate surface area is 189 Å². The van der Waals surface area contributed by atoms with Crippen LogP contribution < -0.4 is 9.83 Å². The summed E-state index contributed by atoms with van der Waals surface area (Å²) in [6.45, 7) is 1.64. The molecule has 8 heteroatoms. The van der Waals surface area contributed by atoms with E-state index < -0.39 is 5.92 Å². The SMILES string of the molecule is CSc1cccc(-c2c[nH][n+]3cc(-c4ccc(C(F)(F)CN5CCNC5)cc4)cnc23)c1. The van der Waals surface area contributed by atoms with Gasteiger partial charge in [-0.25, -0.2) is 5.10 Å². The van der Waals surface area contributed by atoms with Gasteiger partial charge < -0.3 is 5.32 Å². The summed E-state index contributed by atoms with van der Waals surface area (Å²) in [7, 11) is 0. The van der Waals surface area contributed by atoms with E-state index in [2.05, 4.69) is 39.9 Å². The number of aromatic amines is 1. The van der Waals surface area contributed by atoms with E-state index in [0.717, 1.165) is 34.4 Å². The molecule has 0 atom stereocenters. The van der Waals surface area contributed by atoms with E-state index >= 15 is 0 Å². The van der Waals surface area contributed by atoms with Gasteiger partial charge >= 0.3 is 5.65 Å². The van der Waals surface area contributed by atoms with Gasteiger partial charge in [0.2, 0.25) is 0 Å². The maximum Gasteiger partial charge on any atom is 0.355 e. The van der Waals surface area contributed by atoms with E-state index in [1.165, 1.54) is 17.0 Å². The van der Waals surface area contributed by atoms with Crippen molar-refractivity contribution >= 4 is 17.4 Å². The third-order valence-electron chi connectivity index (χ3n) is 5.79. The van der Waals surface area contributed by atoms with Crippen LogP contribution in [0.15, 0.2) is 72.0 Å². The highest BCUT2D eigenvalue weighted by Crippen LogP contribution is 2.31. The zero-order valence-corrected chi connectivity index (χ0v) is 18.5. The topological polar surface area (TPSA) is 48.1 Å². The number of hydrogen-bond donors (Lipinski definition) is 2. The Bertz CT molecular complexity index is 1230. The Morgan fingerprint density at radius 2 is 1.97 bits per heavy atom. The van der Waals surface area contributed by atoms with E-state index in [1.54, 1.807) is 35.0 Å². The van der Waals surface area contributed by atoms with Gasteiger partial charge in [-0.3, -0.25) is 4.90 Å². The number of H-pyrrole nitrogens is 1. The van der Waals surface area contributed by atoms with Crippen molar-refractivity contribution in [1.29, 1.82) is 0 Å². The summed E-state index contributed by atoms with van der Waals surface area (Å²) in [5.74, 6) is -2.89. The molecule has 0 unspecified atom stereocenters. The van der Waals surface area contributed by atoms with Gasteiger partial charge in [0.05, 0.1) is 23.9 Å². The number of aromatic nitrogens is 3. The van der Waals surface area contributed by atoms with E-state index in [0.29, 0.717) is 13.2 Å². The van der Waals surface area contributed by atoms with Crippen LogP contribution in [0, 0.1) is 0 Å². The molecule has 0 bridgehead atoms. The maximum atomic E-state index is 14.7. The minimum absolute atomic E-state index is 0.0330. The fourth-order valence-corrected chi connectivity index (χ4v) is 4.50. The average Bonchev–Trinajstić information content (AvgIpc) is 3.48. The molecule has 1 fully saturated rings. The fourth-order valence-electron chi connectivity index (χ4n) is 4.04. The summed E-state index contributed by atoms with van der Waals surface area (Å²) < 4.78 is 31.2. The first-order valence-corrected chi connectivity index (χ1v) is 11.7. The molecule has 2 aromatic heterocycles. The molecule has 3 heterocycles. The normalized spacial score (nSPS) is 15.0. The van der Waals surface area contributed by atoms with Gasteiger partial charge in [-0.15, -0.1) is 16.3 Å². The molecule has 2 N–H and O–H groups in total. The predicted molar refractivity (Wildman–Crippen MR) is 123 cm³/mol. The van der Waals surface area contributed by atoms with Crippen LogP contribution in [-0.4, -0.2) is 47.5 Å². The van der Waals surface area contributed by atoms with Crippen LogP contribution >= 0.6 is 11.8 Å². The van der Waals surface area contributed by atoms with E-state index in [9.17, 15) is 8.78 Å². The fraction of sp³-hybridized carbons (Fsp3) is 0.250. The lowest BCUT2D eigenvalue weighted by atomic mass is 10.0. The molecule has 1 aliphatic heterocycles. The second-order valence-corrected chi connectivity index (χ2v) is 8.83. The first-order valence-electron chi connectivity index (χ1n) is 10.5. The lowest BCUT2D eigenvalue weighted by molar-refractivity contribution is -0.578. The van der Waals surface area contributed by atoms with Crippen molar-refractivity contribution in [1.82, 2.24) is 20.3 Å². The minimum Gasteiger partial charge on any atom is -0.303 e. The molecule has 1 saturated heterocycles. The molecule has 5 nitrogen and oxygen atoms in total. The van der Waals surface area contributed by atoms with Gasteiger partial charge in [-0.1, -0.05) is 36.4 Å². The Balaban J connectivity index is 1.40. The summed E-state index contributed by atoms with van der Waals surface area (Å²) in [5, 5.41) is 6.31. The molecule has 0 radical (unpaired) electrons. The van der Waals surface area contributed by atoms with E-state index in [1.807, 2.05) is 23.0 Å². The number of nitrogens with one attached hydrogen (secondary N) is 2. The largest absolute Gasteiger partial charge is 0.355 e. The molecule has 1 aliphatic rings. The molecule has 32 heavy (non-hydrogen) atoms. The molecule has 5 rings (SSSR count). The standard InChI is InChI=1S/C24H23F2N5S/c1-32-21-4-2-3-18(11-21)22-13-29-31-14-19(12-28-23(22)31)17-5-7-20(8-6-17)24(25,26)15-30-10-9-27-16-30/h2-8,11-14,27H,9-10,15-16H2,1H3/p+1. The zero-order valence-electron chi connectivity index (χ0n) is 17.7. The number of thioether (sulfide) groups is 1. The summed E-state index contributed by atoms with van der Waals surface area (Å²) >= 11 is 1.70. The van der Waals surface area contributed by atoms with Crippen LogP contribution in [0.5, 0.6) is 0 Å². The third-order valence-corrected chi connectivity index (χ3v) is 6.52. The second kappa shape index (κ2) is 8.61. The Morgan fingerprint density at radius 1 is 1.12 bits per heavy atom. The van der Waals surface area contributed by atoms with Crippen molar-refractivity contribution in [3.8, 4) is 22.3 Å². The van der Waals surface area contributed by atoms with E-state index in [-0.39, 0.29) is 12.1 Å². The van der Waals surface area contributed by atoms with Crippen molar-refractivity contribution in [2.75, 3.05) is 32.6 Å². The number of hydrogen-bond acceptors (Lipinski definition) is 4. The first-order chi connectivity index (χ1) is 15.5. The Morgan fingerprint density at radius 3 is 2.72 bits per heavy atom. The van der Waals surface area contributed by atoms with Crippen molar-refractivity contribution in [2.24, 2.45) is 0 Å². The quantitative estimate of drug-likeness (QED) is 0.341. The summed E-state index contributed by atoms with van der Waals surface area (Å²) in [5.41, 5.74) is 4.65. The van der Waals surface area contributed by atoms with Crippen molar-refractivity contribution < 1.29 is 13.3 Å². The molecule has 4 aromatic rings. The van der Waals surface area contributed by atoms with Crippen LogP contribution in [0.25, 0.3) is 27.9 Å². The summed E-state index contributed by atoms with van der Waals surface area (Å²) in [6, 6.07) is 14.8. The van der Waals surface area contributed by atoms with Gasteiger partial charge in [0.1, 0.15) is 6.20 Å². The smallest absolute Gasteiger partial charge is 0.303 e. The van der Waals surface area contributed by atoms with Crippen LogP contribution in [0.3, 0.4) is 0 Å². The van der Waals surface area contributed by atoms with Crippen molar-refractivity contribution in [2.45, 2.75) is 10.8 Å². The molecular formula is C24H24F2N5S+. The van der Waals surface area contributed by atoms with Crippen molar-refractivity contribution in [3.05, 3.63) is 72.7 Å². The average molecular weight is 453 g/mol. The van der Waals surface area contributed by atoms with Gasteiger partial charge in [-0.05, 0) is 34.5 Å². The lowest BCUT2D eigenvalue weighted by Crippen LogP contribution is -2.34. The molecule has 0 amide bonds.